The van der Waals surface area contributed by atoms with E-state index in [0.717, 1.165) is 73.6 Å². The number of hydrogen-bond acceptors (Lipinski definition) is 7. The number of aromatic nitrogens is 2. The van der Waals surface area contributed by atoms with Crippen molar-refractivity contribution in [3.63, 3.8) is 0 Å². The molecule has 1 N–H and O–H groups in total. The van der Waals surface area contributed by atoms with Gasteiger partial charge >= 0.3 is 0 Å². The first-order valence-corrected chi connectivity index (χ1v) is 13.9. The molecule has 0 spiro atoms. The molecule has 0 atom stereocenters. The predicted molar refractivity (Wildman–Crippen MR) is 151 cm³/mol. The summed E-state index contributed by atoms with van der Waals surface area (Å²) >= 11 is 0. The number of benzene rings is 1. The number of nitrogens with one attached hydrogen (secondary N) is 1. The van der Waals surface area contributed by atoms with Gasteiger partial charge in [-0.3, -0.25) is 4.90 Å². The predicted octanol–water partition coefficient (Wildman–Crippen LogP) is 5.81. The van der Waals surface area contributed by atoms with Crippen LogP contribution < -0.4 is 9.47 Å². The maximum atomic E-state index is 9.73. The minimum atomic E-state index is 0.0890. The molecule has 2 aromatic heterocycles. The zero-order valence-electron chi connectivity index (χ0n) is 23.3. The molecule has 2 fully saturated rings. The van der Waals surface area contributed by atoms with Crippen LogP contribution >= 0.6 is 0 Å². The van der Waals surface area contributed by atoms with Crippen molar-refractivity contribution in [3.05, 3.63) is 42.2 Å². The second kappa shape index (κ2) is 16.0. The van der Waals surface area contributed by atoms with Gasteiger partial charge in [0.1, 0.15) is 35.9 Å². The van der Waals surface area contributed by atoms with Crippen LogP contribution in [0.4, 0.5) is 0 Å². The summed E-state index contributed by atoms with van der Waals surface area (Å²) in [5.41, 5.74) is 3.22. The van der Waals surface area contributed by atoms with Gasteiger partial charge in [0.25, 0.3) is 0 Å². The highest BCUT2D eigenvalue weighted by Crippen LogP contribution is 2.33. The normalized spacial score (nSPS) is 16.0. The Morgan fingerprint density at radius 2 is 1.79 bits per heavy atom. The van der Waals surface area contributed by atoms with Gasteiger partial charge in [0.15, 0.2) is 0 Å². The fourth-order valence-electron chi connectivity index (χ4n) is 4.28. The molecule has 4 heterocycles. The molecule has 1 aromatic carbocycles. The standard InChI is InChI=1S/C25H28N4O4.C3H8.C2H6/c26-15-19-13-18(1-2-24(19)33-20-3-8-30-9-4-20)23-17-28-25-22(23)14-21(16-27-25)32-12-7-29-5-10-31-11-6-29;1-3-2;1-2/h1-2,13-14,16-17,20H,3-12H2,(H,27,28);3H2,1-2H3;1-2H3. The Balaban J connectivity index is 0.000000748. The number of ether oxygens (including phenoxy) is 4. The Morgan fingerprint density at radius 1 is 1.08 bits per heavy atom. The summed E-state index contributed by atoms with van der Waals surface area (Å²) in [7, 11) is 0. The summed E-state index contributed by atoms with van der Waals surface area (Å²) in [4.78, 5) is 10.1. The number of nitrogens with zero attached hydrogens (tertiary/aromatic N) is 3. The lowest BCUT2D eigenvalue weighted by molar-refractivity contribution is 0.0254. The van der Waals surface area contributed by atoms with Crippen molar-refractivity contribution in [2.75, 3.05) is 52.7 Å². The van der Waals surface area contributed by atoms with E-state index in [9.17, 15) is 5.26 Å². The zero-order valence-corrected chi connectivity index (χ0v) is 23.3. The van der Waals surface area contributed by atoms with Gasteiger partial charge in [-0.2, -0.15) is 5.26 Å². The largest absolute Gasteiger partial charge is 0.491 e. The number of nitriles is 1. The van der Waals surface area contributed by atoms with E-state index in [4.69, 9.17) is 18.9 Å². The molecule has 2 aliphatic rings. The topological polar surface area (TPSA) is 92.6 Å². The first-order chi connectivity index (χ1) is 18.7. The smallest absolute Gasteiger partial charge is 0.138 e. The molecule has 38 heavy (non-hydrogen) atoms. The fourth-order valence-corrected chi connectivity index (χ4v) is 4.28. The van der Waals surface area contributed by atoms with Crippen LogP contribution in [0.5, 0.6) is 11.5 Å². The Labute approximate surface area is 226 Å². The highest BCUT2D eigenvalue weighted by Gasteiger charge is 2.18. The molecule has 3 aromatic rings. The highest BCUT2D eigenvalue weighted by atomic mass is 16.5. The molecule has 5 rings (SSSR count). The van der Waals surface area contributed by atoms with Crippen molar-refractivity contribution in [1.82, 2.24) is 14.9 Å². The summed E-state index contributed by atoms with van der Waals surface area (Å²) in [5, 5.41) is 10.7. The number of hydrogen-bond donors (Lipinski definition) is 1. The van der Waals surface area contributed by atoms with E-state index in [1.54, 1.807) is 6.20 Å². The number of aromatic amines is 1. The summed E-state index contributed by atoms with van der Waals surface area (Å²) in [5.74, 6) is 1.36. The van der Waals surface area contributed by atoms with E-state index in [1.807, 2.05) is 44.3 Å². The lowest BCUT2D eigenvalue weighted by Crippen LogP contribution is -2.38. The monoisotopic (exact) mass is 522 g/mol. The van der Waals surface area contributed by atoms with Crippen LogP contribution in [0.1, 0.15) is 52.5 Å². The van der Waals surface area contributed by atoms with Crippen LogP contribution in [0.3, 0.4) is 0 Å². The number of fused-ring (bicyclic) bond motifs is 1. The number of H-pyrrole nitrogens is 1. The van der Waals surface area contributed by atoms with Crippen LogP contribution in [0.15, 0.2) is 36.7 Å². The van der Waals surface area contributed by atoms with E-state index in [2.05, 4.69) is 34.8 Å². The van der Waals surface area contributed by atoms with Crippen molar-refractivity contribution in [3.8, 4) is 28.7 Å². The lowest BCUT2D eigenvalue weighted by atomic mass is 10.0. The van der Waals surface area contributed by atoms with E-state index in [0.29, 0.717) is 31.1 Å². The minimum Gasteiger partial charge on any atom is -0.491 e. The molecule has 2 saturated heterocycles. The van der Waals surface area contributed by atoms with E-state index in [1.165, 1.54) is 6.42 Å². The maximum Gasteiger partial charge on any atom is 0.138 e. The fraction of sp³-hybridized carbons (Fsp3) is 0.533. The SMILES string of the molecule is CC.CCC.N#Cc1cc(-c2c[nH]c3ncc(OCCN4CCOCC4)cc23)ccc1OC1CCOCC1. The third-order valence-corrected chi connectivity index (χ3v) is 6.16. The molecule has 0 radical (unpaired) electrons. The Kier molecular flexibility index (Phi) is 12.4. The summed E-state index contributed by atoms with van der Waals surface area (Å²) in [6, 6.07) is 10.0. The van der Waals surface area contributed by atoms with Gasteiger partial charge in [-0.1, -0.05) is 40.2 Å². The van der Waals surface area contributed by atoms with Crippen LogP contribution in [0.25, 0.3) is 22.2 Å². The number of morpholine rings is 1. The summed E-state index contributed by atoms with van der Waals surface area (Å²) in [6.07, 6.45) is 6.69. The Morgan fingerprint density at radius 3 is 2.50 bits per heavy atom. The third-order valence-electron chi connectivity index (χ3n) is 6.16. The second-order valence-electron chi connectivity index (χ2n) is 9.03. The number of rotatable bonds is 7. The summed E-state index contributed by atoms with van der Waals surface area (Å²) < 4.78 is 22.9. The van der Waals surface area contributed by atoms with Gasteiger partial charge in [-0.25, -0.2) is 4.98 Å². The van der Waals surface area contributed by atoms with Crippen molar-refractivity contribution >= 4 is 11.0 Å². The van der Waals surface area contributed by atoms with Crippen LogP contribution in [0, 0.1) is 11.3 Å². The van der Waals surface area contributed by atoms with Gasteiger partial charge in [0, 0.05) is 49.6 Å². The average molecular weight is 523 g/mol. The molecule has 0 saturated carbocycles. The molecule has 8 heteroatoms. The van der Waals surface area contributed by atoms with Crippen molar-refractivity contribution in [1.29, 1.82) is 5.26 Å². The molecule has 8 nitrogen and oxygen atoms in total. The third kappa shape index (κ3) is 8.19. The lowest BCUT2D eigenvalue weighted by Gasteiger charge is -2.26. The zero-order chi connectivity index (χ0) is 27.2. The quantitative estimate of drug-likeness (QED) is 0.418. The molecular weight excluding hydrogens is 480 g/mol. The van der Waals surface area contributed by atoms with Gasteiger partial charge in [-0.05, 0) is 23.8 Å². The summed E-state index contributed by atoms with van der Waals surface area (Å²) in [6.45, 7) is 14.6. The van der Waals surface area contributed by atoms with Crippen molar-refractivity contribution < 1.29 is 18.9 Å². The Hall–Kier alpha value is -3.12. The number of pyridine rings is 1. The second-order valence-corrected chi connectivity index (χ2v) is 9.03. The molecule has 206 valence electrons. The first kappa shape index (κ1) is 29.4. The maximum absolute atomic E-state index is 9.73. The van der Waals surface area contributed by atoms with Crippen LogP contribution in [-0.2, 0) is 9.47 Å². The molecule has 0 bridgehead atoms. The highest BCUT2D eigenvalue weighted by molar-refractivity contribution is 5.94. The first-order valence-electron chi connectivity index (χ1n) is 13.9. The van der Waals surface area contributed by atoms with Gasteiger partial charge < -0.3 is 23.9 Å². The van der Waals surface area contributed by atoms with E-state index < -0.39 is 0 Å². The Bertz CT molecular complexity index is 1140. The average Bonchev–Trinajstić information content (AvgIpc) is 3.39. The van der Waals surface area contributed by atoms with E-state index >= 15 is 0 Å². The minimum absolute atomic E-state index is 0.0890. The van der Waals surface area contributed by atoms with Crippen LogP contribution in [-0.4, -0.2) is 73.6 Å². The van der Waals surface area contributed by atoms with Crippen LogP contribution in [0.2, 0.25) is 0 Å². The molecule has 0 aliphatic carbocycles. The van der Waals surface area contributed by atoms with Gasteiger partial charge in [0.05, 0.1) is 38.2 Å². The molecule has 2 aliphatic heterocycles. The molecule has 0 unspecified atom stereocenters. The van der Waals surface area contributed by atoms with Crippen molar-refractivity contribution in [2.24, 2.45) is 0 Å². The molecular formula is C30H42N4O4. The van der Waals surface area contributed by atoms with Gasteiger partial charge in [-0.15, -0.1) is 0 Å². The van der Waals surface area contributed by atoms with Crippen molar-refractivity contribution in [2.45, 2.75) is 53.1 Å². The van der Waals surface area contributed by atoms with Gasteiger partial charge in [0.2, 0.25) is 0 Å². The molecule has 0 amide bonds. The van der Waals surface area contributed by atoms with E-state index in [-0.39, 0.29) is 6.10 Å².